The zero-order valence-corrected chi connectivity index (χ0v) is 13.7. The Kier molecular flexibility index (Phi) is 3.31. The molecule has 1 aromatic carbocycles. The van der Waals surface area contributed by atoms with E-state index in [4.69, 9.17) is 0 Å². The monoisotopic (exact) mass is 344 g/mol. The van der Waals surface area contributed by atoms with Gasteiger partial charge in [-0.15, -0.1) is 0 Å². The van der Waals surface area contributed by atoms with Crippen LogP contribution >= 0.6 is 0 Å². The van der Waals surface area contributed by atoms with Gasteiger partial charge in [0.15, 0.2) is 15.7 Å². The summed E-state index contributed by atoms with van der Waals surface area (Å²) in [5.41, 5.74) is 1.22. The molecule has 0 saturated carbocycles. The standard InChI is InChI=1S/C16H16N4O3S/c21-15(20-8-16(9-20)10-24(22,23)11-16)19-13-6-17-14(18-7-13)12-4-2-1-3-5-12/h1-7H,8-11H2,(H,19,21). The van der Waals surface area contributed by atoms with Crippen LogP contribution in [0.25, 0.3) is 11.4 Å². The van der Waals surface area contributed by atoms with Gasteiger partial charge in [0.2, 0.25) is 0 Å². The molecule has 2 fully saturated rings. The molecule has 0 radical (unpaired) electrons. The second-order valence-corrected chi connectivity index (χ2v) is 8.54. The Labute approximate surface area is 139 Å². The first kappa shape index (κ1) is 15.1. The third-order valence-electron chi connectivity index (χ3n) is 4.33. The third-order valence-corrected chi connectivity index (χ3v) is 6.43. The van der Waals surface area contributed by atoms with Crippen LogP contribution in [0.1, 0.15) is 0 Å². The van der Waals surface area contributed by atoms with Gasteiger partial charge in [-0.1, -0.05) is 30.3 Å². The summed E-state index contributed by atoms with van der Waals surface area (Å²) in [7, 11) is -2.87. The van der Waals surface area contributed by atoms with Crippen molar-refractivity contribution in [2.75, 3.05) is 29.9 Å². The molecule has 0 bridgehead atoms. The summed E-state index contributed by atoms with van der Waals surface area (Å²) in [6.07, 6.45) is 3.13. The Morgan fingerprint density at radius 3 is 2.29 bits per heavy atom. The van der Waals surface area contributed by atoms with Crippen LogP contribution in [0.2, 0.25) is 0 Å². The third kappa shape index (κ3) is 2.73. The van der Waals surface area contributed by atoms with Crippen LogP contribution in [0.15, 0.2) is 42.7 Å². The zero-order chi connectivity index (χ0) is 16.8. The number of amides is 2. The number of benzene rings is 1. The Morgan fingerprint density at radius 1 is 1.08 bits per heavy atom. The minimum atomic E-state index is -2.87. The number of urea groups is 1. The first-order chi connectivity index (χ1) is 11.4. The maximum atomic E-state index is 12.1. The van der Waals surface area contributed by atoms with Crippen molar-refractivity contribution in [3.8, 4) is 11.4 Å². The summed E-state index contributed by atoms with van der Waals surface area (Å²) in [6, 6.07) is 9.33. The van der Waals surface area contributed by atoms with E-state index in [9.17, 15) is 13.2 Å². The number of sulfone groups is 1. The fourth-order valence-corrected chi connectivity index (χ4v) is 5.46. The Bertz CT molecular complexity index is 861. The van der Waals surface area contributed by atoms with Crippen LogP contribution in [0.5, 0.6) is 0 Å². The number of nitrogens with one attached hydrogen (secondary N) is 1. The molecule has 8 heteroatoms. The molecule has 124 valence electrons. The van der Waals surface area contributed by atoms with Gasteiger partial charge in [0, 0.05) is 24.1 Å². The van der Waals surface area contributed by atoms with Crippen molar-refractivity contribution in [2.24, 2.45) is 5.41 Å². The highest BCUT2D eigenvalue weighted by Crippen LogP contribution is 2.41. The molecule has 1 N–H and O–H groups in total. The summed E-state index contributed by atoms with van der Waals surface area (Å²) in [6.45, 7) is 0.974. The van der Waals surface area contributed by atoms with Gasteiger partial charge in [-0.3, -0.25) is 0 Å². The highest BCUT2D eigenvalue weighted by atomic mass is 32.2. The first-order valence-corrected chi connectivity index (χ1v) is 9.41. The number of carbonyl (C=O) groups excluding carboxylic acids is 1. The summed E-state index contributed by atoms with van der Waals surface area (Å²) >= 11 is 0. The van der Waals surface area contributed by atoms with E-state index < -0.39 is 9.84 Å². The molecular formula is C16H16N4O3S. The van der Waals surface area contributed by atoms with Gasteiger partial charge in [0.1, 0.15) is 0 Å². The lowest BCUT2D eigenvalue weighted by Gasteiger charge is -2.54. The van der Waals surface area contributed by atoms with Gasteiger partial charge in [0.05, 0.1) is 29.6 Å². The maximum Gasteiger partial charge on any atom is 0.321 e. The van der Waals surface area contributed by atoms with Gasteiger partial charge in [-0.05, 0) is 0 Å². The summed E-state index contributed by atoms with van der Waals surface area (Å²) in [5.74, 6) is 0.980. The number of rotatable bonds is 2. The van der Waals surface area contributed by atoms with E-state index in [1.807, 2.05) is 30.3 Å². The van der Waals surface area contributed by atoms with Crippen molar-refractivity contribution >= 4 is 21.6 Å². The van der Waals surface area contributed by atoms with E-state index >= 15 is 0 Å². The lowest BCUT2D eigenvalue weighted by atomic mass is 9.83. The predicted molar refractivity (Wildman–Crippen MR) is 89.1 cm³/mol. The molecule has 4 rings (SSSR count). The number of hydrogen-bond acceptors (Lipinski definition) is 5. The minimum Gasteiger partial charge on any atom is -0.323 e. The molecule has 2 saturated heterocycles. The molecule has 2 aliphatic rings. The predicted octanol–water partition coefficient (Wildman–Crippen LogP) is 1.41. The maximum absolute atomic E-state index is 12.1. The number of carbonyl (C=O) groups is 1. The average molecular weight is 344 g/mol. The quantitative estimate of drug-likeness (QED) is 0.889. The van der Waals surface area contributed by atoms with E-state index in [1.54, 1.807) is 17.3 Å². The SMILES string of the molecule is O=C(Nc1cnc(-c2ccccc2)nc1)N1CC2(C1)CS(=O)(=O)C2. The summed E-state index contributed by atoms with van der Waals surface area (Å²) in [4.78, 5) is 22.3. The van der Waals surface area contributed by atoms with Gasteiger partial charge >= 0.3 is 6.03 Å². The van der Waals surface area contributed by atoms with Gasteiger partial charge in [0.25, 0.3) is 0 Å². The summed E-state index contributed by atoms with van der Waals surface area (Å²) in [5, 5.41) is 2.74. The van der Waals surface area contributed by atoms with Crippen molar-refractivity contribution < 1.29 is 13.2 Å². The van der Waals surface area contributed by atoms with Crippen molar-refractivity contribution in [3.05, 3.63) is 42.7 Å². The second kappa shape index (κ2) is 5.27. The average Bonchev–Trinajstić information content (AvgIpc) is 2.51. The van der Waals surface area contributed by atoms with Crippen LogP contribution in [-0.2, 0) is 9.84 Å². The van der Waals surface area contributed by atoms with Crippen molar-refractivity contribution in [1.82, 2.24) is 14.9 Å². The molecule has 0 atom stereocenters. The molecule has 3 heterocycles. The number of hydrogen-bond donors (Lipinski definition) is 1. The lowest BCUT2D eigenvalue weighted by molar-refractivity contribution is 0.0618. The van der Waals surface area contributed by atoms with Crippen molar-refractivity contribution in [2.45, 2.75) is 0 Å². The number of anilines is 1. The summed E-state index contributed by atoms with van der Waals surface area (Å²) < 4.78 is 22.6. The van der Waals surface area contributed by atoms with Gasteiger partial charge in [-0.2, -0.15) is 0 Å². The van der Waals surface area contributed by atoms with E-state index in [1.165, 1.54) is 0 Å². The molecule has 24 heavy (non-hydrogen) atoms. The molecule has 2 aliphatic heterocycles. The topological polar surface area (TPSA) is 92.3 Å². The number of aromatic nitrogens is 2. The number of likely N-dealkylation sites (tertiary alicyclic amines) is 1. The number of nitrogens with zero attached hydrogens (tertiary/aromatic N) is 3. The zero-order valence-electron chi connectivity index (χ0n) is 12.8. The van der Waals surface area contributed by atoms with Gasteiger partial charge in [-0.25, -0.2) is 23.2 Å². The molecule has 2 aromatic rings. The smallest absolute Gasteiger partial charge is 0.321 e. The molecule has 0 aliphatic carbocycles. The fraction of sp³-hybridized carbons (Fsp3) is 0.312. The van der Waals surface area contributed by atoms with Crippen LogP contribution < -0.4 is 5.32 Å². The highest BCUT2D eigenvalue weighted by Gasteiger charge is 2.57. The van der Waals surface area contributed by atoms with E-state index in [2.05, 4.69) is 15.3 Å². The first-order valence-electron chi connectivity index (χ1n) is 7.59. The Hall–Kier alpha value is -2.48. The Balaban J connectivity index is 1.36. The lowest BCUT2D eigenvalue weighted by Crippen LogP contribution is -2.69. The molecule has 0 unspecified atom stereocenters. The van der Waals surface area contributed by atoms with Gasteiger partial charge < -0.3 is 10.2 Å². The van der Waals surface area contributed by atoms with Crippen LogP contribution in [0.4, 0.5) is 10.5 Å². The molecular weight excluding hydrogens is 328 g/mol. The molecule has 7 nitrogen and oxygen atoms in total. The molecule has 1 spiro atoms. The van der Waals surface area contributed by atoms with Crippen molar-refractivity contribution in [3.63, 3.8) is 0 Å². The highest BCUT2D eigenvalue weighted by molar-refractivity contribution is 7.92. The Morgan fingerprint density at radius 2 is 1.71 bits per heavy atom. The van der Waals surface area contributed by atoms with Crippen molar-refractivity contribution in [1.29, 1.82) is 0 Å². The van der Waals surface area contributed by atoms with Crippen LogP contribution in [0, 0.1) is 5.41 Å². The van der Waals surface area contributed by atoms with Crippen LogP contribution in [-0.4, -0.2) is 53.9 Å². The second-order valence-electron chi connectivity index (χ2n) is 6.48. The fourth-order valence-electron chi connectivity index (χ4n) is 3.31. The van der Waals surface area contributed by atoms with Crippen LogP contribution in [0.3, 0.4) is 0 Å². The van der Waals surface area contributed by atoms with E-state index in [0.717, 1.165) is 5.56 Å². The minimum absolute atomic E-state index is 0.193. The van der Waals surface area contributed by atoms with E-state index in [0.29, 0.717) is 24.6 Å². The normalized spacial score (nSPS) is 20.1. The van der Waals surface area contributed by atoms with E-state index in [-0.39, 0.29) is 23.0 Å². The molecule has 1 aromatic heterocycles. The molecule has 2 amide bonds. The largest absolute Gasteiger partial charge is 0.323 e.